The summed E-state index contributed by atoms with van der Waals surface area (Å²) >= 11 is 0. The summed E-state index contributed by atoms with van der Waals surface area (Å²) in [5.74, 6) is -0.424. The molecule has 0 saturated heterocycles. The first-order valence-corrected chi connectivity index (χ1v) is 8.18. The largest absolute Gasteiger partial charge is 0.346 e. The molecule has 3 aromatic rings. The van der Waals surface area contributed by atoms with Crippen LogP contribution in [0.15, 0.2) is 73.1 Å². The van der Waals surface area contributed by atoms with E-state index in [0.29, 0.717) is 24.2 Å². The smallest absolute Gasteiger partial charge is 0.251 e. The molecule has 0 fully saturated rings. The van der Waals surface area contributed by atoms with Crippen LogP contribution in [-0.2, 0) is 13.1 Å². The number of hydrogen-bond donors (Lipinski definition) is 2. The number of nitrogens with zero attached hydrogens (tertiary/aromatic N) is 2. The molecule has 26 heavy (non-hydrogen) atoms. The monoisotopic (exact) mass is 346 g/mol. The highest BCUT2D eigenvalue weighted by Crippen LogP contribution is 2.06. The Kier molecular flexibility index (Phi) is 5.67. The fourth-order valence-corrected chi connectivity index (χ4v) is 2.32. The molecule has 6 heteroatoms. The predicted octanol–water partition coefficient (Wildman–Crippen LogP) is 2.34. The lowest BCUT2D eigenvalue weighted by Gasteiger charge is -2.07. The zero-order valence-corrected chi connectivity index (χ0v) is 14.1. The van der Waals surface area contributed by atoms with Crippen molar-refractivity contribution in [2.45, 2.75) is 13.1 Å². The Labute approximate surface area is 151 Å². The van der Waals surface area contributed by atoms with Gasteiger partial charge in [-0.25, -0.2) is 0 Å². The highest BCUT2D eigenvalue weighted by Gasteiger charge is 2.09. The topological polar surface area (TPSA) is 84.0 Å². The van der Waals surface area contributed by atoms with Crippen LogP contribution < -0.4 is 10.6 Å². The summed E-state index contributed by atoms with van der Waals surface area (Å²) in [4.78, 5) is 32.6. The Hall–Kier alpha value is -3.54. The lowest BCUT2D eigenvalue weighted by atomic mass is 10.1. The number of benzene rings is 1. The molecule has 130 valence electrons. The summed E-state index contributed by atoms with van der Waals surface area (Å²) in [5, 5.41) is 5.60. The fraction of sp³-hybridized carbons (Fsp3) is 0.100. The number of carbonyl (C=O) groups is 2. The Balaban J connectivity index is 1.53. The van der Waals surface area contributed by atoms with E-state index in [1.807, 2.05) is 36.4 Å². The molecule has 0 radical (unpaired) electrons. The fourth-order valence-electron chi connectivity index (χ4n) is 2.32. The summed E-state index contributed by atoms with van der Waals surface area (Å²) < 4.78 is 0. The van der Waals surface area contributed by atoms with Crippen LogP contribution in [0.3, 0.4) is 0 Å². The van der Waals surface area contributed by atoms with E-state index in [-0.39, 0.29) is 11.8 Å². The maximum atomic E-state index is 12.2. The molecule has 0 atom stereocenters. The first-order valence-electron chi connectivity index (χ1n) is 8.18. The van der Waals surface area contributed by atoms with Crippen LogP contribution in [0.25, 0.3) is 0 Å². The standard InChI is InChI=1S/C20H18N4O2/c25-19(23-13-17-5-1-3-11-21-17)15-7-9-16(10-8-15)20(26)24-14-18-6-2-4-12-22-18/h1-12H,13-14H2,(H,23,25)(H,24,26). The molecule has 0 spiro atoms. The van der Waals surface area contributed by atoms with Crippen molar-refractivity contribution in [2.75, 3.05) is 0 Å². The third-order valence-electron chi connectivity index (χ3n) is 3.72. The van der Waals surface area contributed by atoms with Gasteiger partial charge in [-0.15, -0.1) is 0 Å². The van der Waals surface area contributed by atoms with Crippen LogP contribution in [0, 0.1) is 0 Å². The van der Waals surface area contributed by atoms with Crippen molar-refractivity contribution >= 4 is 11.8 Å². The average Bonchev–Trinajstić information content (AvgIpc) is 2.72. The van der Waals surface area contributed by atoms with Crippen molar-refractivity contribution < 1.29 is 9.59 Å². The van der Waals surface area contributed by atoms with Crippen molar-refractivity contribution in [3.8, 4) is 0 Å². The Morgan fingerprint density at radius 1 is 0.654 bits per heavy atom. The third-order valence-corrected chi connectivity index (χ3v) is 3.72. The van der Waals surface area contributed by atoms with Crippen LogP contribution in [-0.4, -0.2) is 21.8 Å². The van der Waals surface area contributed by atoms with Crippen molar-refractivity contribution in [3.63, 3.8) is 0 Å². The van der Waals surface area contributed by atoms with Crippen LogP contribution in [0.1, 0.15) is 32.1 Å². The van der Waals surface area contributed by atoms with E-state index in [9.17, 15) is 9.59 Å². The van der Waals surface area contributed by atoms with Gasteiger partial charge in [0.1, 0.15) is 0 Å². The van der Waals surface area contributed by atoms with Crippen LogP contribution in [0.5, 0.6) is 0 Å². The molecule has 0 unspecified atom stereocenters. The number of hydrogen-bond acceptors (Lipinski definition) is 4. The summed E-state index contributed by atoms with van der Waals surface area (Å²) in [6.45, 7) is 0.706. The van der Waals surface area contributed by atoms with E-state index < -0.39 is 0 Å². The molecule has 2 N–H and O–H groups in total. The molecular formula is C20H18N4O2. The van der Waals surface area contributed by atoms with E-state index >= 15 is 0 Å². The minimum absolute atomic E-state index is 0.212. The van der Waals surface area contributed by atoms with Gasteiger partial charge in [-0.05, 0) is 48.5 Å². The predicted molar refractivity (Wildman–Crippen MR) is 97.3 cm³/mol. The summed E-state index contributed by atoms with van der Waals surface area (Å²) in [7, 11) is 0. The van der Waals surface area contributed by atoms with Gasteiger partial charge in [-0.1, -0.05) is 12.1 Å². The van der Waals surface area contributed by atoms with Gasteiger partial charge in [-0.3, -0.25) is 19.6 Å². The van der Waals surface area contributed by atoms with E-state index in [4.69, 9.17) is 0 Å². The van der Waals surface area contributed by atoms with Gasteiger partial charge in [0.05, 0.1) is 24.5 Å². The second-order valence-electron chi connectivity index (χ2n) is 5.58. The van der Waals surface area contributed by atoms with Crippen LogP contribution >= 0.6 is 0 Å². The molecular weight excluding hydrogens is 328 g/mol. The molecule has 2 amide bonds. The lowest BCUT2D eigenvalue weighted by Crippen LogP contribution is -2.24. The van der Waals surface area contributed by atoms with Gasteiger partial charge in [0, 0.05) is 23.5 Å². The maximum Gasteiger partial charge on any atom is 0.251 e. The molecule has 6 nitrogen and oxygen atoms in total. The number of nitrogens with one attached hydrogen (secondary N) is 2. The minimum atomic E-state index is -0.212. The lowest BCUT2D eigenvalue weighted by molar-refractivity contribution is 0.0938. The van der Waals surface area contributed by atoms with Gasteiger partial charge < -0.3 is 10.6 Å². The minimum Gasteiger partial charge on any atom is -0.346 e. The molecule has 1 aromatic carbocycles. The van der Waals surface area contributed by atoms with Gasteiger partial charge in [0.2, 0.25) is 0 Å². The molecule has 2 aromatic heterocycles. The molecule has 0 saturated carbocycles. The van der Waals surface area contributed by atoms with Crippen LogP contribution in [0.2, 0.25) is 0 Å². The van der Waals surface area contributed by atoms with E-state index in [0.717, 1.165) is 11.4 Å². The van der Waals surface area contributed by atoms with Gasteiger partial charge >= 0.3 is 0 Å². The molecule has 0 aliphatic heterocycles. The third kappa shape index (κ3) is 4.73. The van der Waals surface area contributed by atoms with E-state index in [1.54, 1.807) is 36.7 Å². The van der Waals surface area contributed by atoms with E-state index in [2.05, 4.69) is 20.6 Å². The number of amides is 2. The van der Waals surface area contributed by atoms with Crippen molar-refractivity contribution in [1.29, 1.82) is 0 Å². The zero-order chi connectivity index (χ0) is 18.2. The van der Waals surface area contributed by atoms with Crippen molar-refractivity contribution in [3.05, 3.63) is 95.6 Å². The van der Waals surface area contributed by atoms with E-state index in [1.165, 1.54) is 0 Å². The average molecular weight is 346 g/mol. The molecule has 2 heterocycles. The summed E-state index contributed by atoms with van der Waals surface area (Å²) in [6.07, 6.45) is 3.36. The molecule has 3 rings (SSSR count). The number of pyridine rings is 2. The quantitative estimate of drug-likeness (QED) is 0.717. The van der Waals surface area contributed by atoms with Crippen molar-refractivity contribution in [2.24, 2.45) is 0 Å². The molecule has 0 aliphatic rings. The Morgan fingerprint density at radius 2 is 1.08 bits per heavy atom. The maximum absolute atomic E-state index is 12.2. The van der Waals surface area contributed by atoms with Crippen molar-refractivity contribution in [1.82, 2.24) is 20.6 Å². The summed E-state index contributed by atoms with van der Waals surface area (Å²) in [6, 6.07) is 17.6. The second-order valence-corrected chi connectivity index (χ2v) is 5.58. The second kappa shape index (κ2) is 8.53. The number of aromatic nitrogens is 2. The van der Waals surface area contributed by atoms with Crippen LogP contribution in [0.4, 0.5) is 0 Å². The molecule has 0 bridgehead atoms. The highest BCUT2D eigenvalue weighted by atomic mass is 16.2. The highest BCUT2D eigenvalue weighted by molar-refractivity contribution is 5.97. The molecule has 0 aliphatic carbocycles. The normalized spacial score (nSPS) is 10.2. The number of carbonyl (C=O) groups excluding carboxylic acids is 2. The first kappa shape index (κ1) is 17.3. The van der Waals surface area contributed by atoms with Gasteiger partial charge in [0.15, 0.2) is 0 Å². The SMILES string of the molecule is O=C(NCc1ccccn1)c1ccc(C(=O)NCc2ccccn2)cc1. The zero-order valence-electron chi connectivity index (χ0n) is 14.1. The van der Waals surface area contributed by atoms with Gasteiger partial charge in [-0.2, -0.15) is 0 Å². The number of rotatable bonds is 6. The Morgan fingerprint density at radius 3 is 1.42 bits per heavy atom. The first-order chi connectivity index (χ1) is 12.7. The Bertz CT molecular complexity index is 791. The summed E-state index contributed by atoms with van der Waals surface area (Å²) in [5.41, 5.74) is 2.54. The van der Waals surface area contributed by atoms with Gasteiger partial charge in [0.25, 0.3) is 11.8 Å².